The highest BCUT2D eigenvalue weighted by Gasteiger charge is 2.15. The second kappa shape index (κ2) is 8.27. The lowest BCUT2D eigenvalue weighted by molar-refractivity contribution is 0.122. The number of benzene rings is 1. The molecule has 34 heavy (non-hydrogen) atoms. The Morgan fingerprint density at radius 1 is 1.06 bits per heavy atom. The van der Waals surface area contributed by atoms with Crippen molar-refractivity contribution in [3.8, 4) is 11.4 Å². The Labute approximate surface area is 195 Å². The summed E-state index contributed by atoms with van der Waals surface area (Å²) in [5, 5.41) is 4.64. The van der Waals surface area contributed by atoms with Crippen molar-refractivity contribution in [2.75, 3.05) is 36.5 Å². The number of aromatic nitrogens is 5. The number of imidazole rings is 1. The van der Waals surface area contributed by atoms with Gasteiger partial charge in [0.05, 0.1) is 30.0 Å². The second-order valence-electron chi connectivity index (χ2n) is 8.27. The zero-order valence-electron chi connectivity index (χ0n) is 18.7. The fraction of sp³-hybridized carbons (Fsp3) is 0.200. The van der Waals surface area contributed by atoms with Gasteiger partial charge >= 0.3 is 0 Å². The lowest BCUT2D eigenvalue weighted by atomic mass is 10.1. The molecule has 0 atom stereocenters. The van der Waals surface area contributed by atoms with E-state index in [1.54, 1.807) is 12.4 Å². The summed E-state index contributed by atoms with van der Waals surface area (Å²) in [6, 6.07) is 11.9. The first-order valence-corrected chi connectivity index (χ1v) is 11.2. The highest BCUT2D eigenvalue weighted by molar-refractivity contribution is 5.95. The van der Waals surface area contributed by atoms with E-state index in [2.05, 4.69) is 32.3 Å². The molecule has 1 fully saturated rings. The van der Waals surface area contributed by atoms with Crippen molar-refractivity contribution in [2.24, 2.45) is 0 Å². The molecule has 1 aromatic carbocycles. The number of H-pyrrole nitrogens is 1. The topological polar surface area (TPSA) is 100 Å². The molecule has 1 aliphatic rings. The van der Waals surface area contributed by atoms with Crippen LogP contribution in [0.25, 0.3) is 27.8 Å². The Kier molecular flexibility index (Phi) is 4.96. The molecule has 0 amide bonds. The van der Waals surface area contributed by atoms with Gasteiger partial charge in [0.2, 0.25) is 0 Å². The fourth-order valence-corrected chi connectivity index (χ4v) is 4.36. The van der Waals surface area contributed by atoms with Crippen LogP contribution in [0.15, 0.2) is 66.0 Å². The molecule has 0 radical (unpaired) electrons. The summed E-state index contributed by atoms with van der Waals surface area (Å²) in [5.74, 6) is 0.485. The number of nitrogens with one attached hydrogen (secondary N) is 2. The zero-order valence-corrected chi connectivity index (χ0v) is 18.7. The first-order valence-electron chi connectivity index (χ1n) is 11.2. The predicted octanol–water partition coefficient (Wildman–Crippen LogP) is 3.52. The number of hydrogen-bond acceptors (Lipinski definition) is 7. The summed E-state index contributed by atoms with van der Waals surface area (Å²) >= 11 is 0. The van der Waals surface area contributed by atoms with Crippen molar-refractivity contribution in [1.82, 2.24) is 24.3 Å². The number of pyridine rings is 2. The number of fused-ring (bicyclic) bond motifs is 2. The van der Waals surface area contributed by atoms with Gasteiger partial charge in [-0.25, -0.2) is 15.0 Å². The molecule has 2 N–H and O–H groups in total. The lowest BCUT2D eigenvalue weighted by Crippen LogP contribution is -2.36. The highest BCUT2D eigenvalue weighted by atomic mass is 16.5. The van der Waals surface area contributed by atoms with Crippen molar-refractivity contribution in [2.45, 2.75) is 6.92 Å². The van der Waals surface area contributed by atoms with Crippen molar-refractivity contribution in [3.63, 3.8) is 0 Å². The maximum absolute atomic E-state index is 12.7. The molecule has 0 bridgehead atoms. The predicted molar refractivity (Wildman–Crippen MR) is 132 cm³/mol. The molecule has 9 nitrogen and oxygen atoms in total. The van der Waals surface area contributed by atoms with Crippen molar-refractivity contribution >= 4 is 33.6 Å². The van der Waals surface area contributed by atoms with Gasteiger partial charge in [-0.05, 0) is 48.7 Å². The number of hydrogen-bond donors (Lipinski definition) is 2. The summed E-state index contributed by atoms with van der Waals surface area (Å²) in [6.45, 7) is 5.16. The van der Waals surface area contributed by atoms with E-state index in [1.165, 1.54) is 0 Å². The summed E-state index contributed by atoms with van der Waals surface area (Å²) < 4.78 is 7.37. The number of aryl methyl sites for hydroxylation is 1. The van der Waals surface area contributed by atoms with Crippen LogP contribution in [0, 0.1) is 6.92 Å². The first-order chi connectivity index (χ1) is 16.7. The van der Waals surface area contributed by atoms with E-state index in [0.29, 0.717) is 22.6 Å². The Morgan fingerprint density at radius 2 is 1.88 bits per heavy atom. The van der Waals surface area contributed by atoms with Crippen LogP contribution in [-0.2, 0) is 4.74 Å². The van der Waals surface area contributed by atoms with E-state index in [1.807, 2.05) is 48.0 Å². The van der Waals surface area contributed by atoms with Gasteiger partial charge in [-0.3, -0.25) is 4.79 Å². The summed E-state index contributed by atoms with van der Waals surface area (Å²) in [7, 11) is 0. The van der Waals surface area contributed by atoms with E-state index in [4.69, 9.17) is 14.7 Å². The van der Waals surface area contributed by atoms with Crippen molar-refractivity contribution in [3.05, 3.63) is 77.2 Å². The second-order valence-corrected chi connectivity index (χ2v) is 8.27. The minimum absolute atomic E-state index is 0.196. The van der Waals surface area contributed by atoms with Crippen LogP contribution in [0.1, 0.15) is 5.69 Å². The van der Waals surface area contributed by atoms with Gasteiger partial charge in [0.15, 0.2) is 5.65 Å². The van der Waals surface area contributed by atoms with Gasteiger partial charge in [-0.15, -0.1) is 0 Å². The number of ether oxygens (including phenoxy) is 1. The van der Waals surface area contributed by atoms with Crippen LogP contribution < -0.4 is 15.8 Å². The summed E-state index contributed by atoms with van der Waals surface area (Å²) in [5.41, 5.74) is 4.79. The Morgan fingerprint density at radius 3 is 2.71 bits per heavy atom. The number of aromatic amines is 1. The minimum atomic E-state index is -0.196. The van der Waals surface area contributed by atoms with Crippen LogP contribution in [-0.4, -0.2) is 50.6 Å². The number of morpholine rings is 1. The van der Waals surface area contributed by atoms with Gasteiger partial charge in [-0.2, -0.15) is 0 Å². The maximum Gasteiger partial charge on any atom is 0.259 e. The molecule has 0 aliphatic carbocycles. The minimum Gasteiger partial charge on any atom is -0.378 e. The Balaban J connectivity index is 1.41. The third kappa shape index (κ3) is 3.65. The lowest BCUT2D eigenvalue weighted by Gasteiger charge is -2.28. The van der Waals surface area contributed by atoms with E-state index in [9.17, 15) is 4.79 Å². The Hall–Kier alpha value is -4.24. The van der Waals surface area contributed by atoms with Crippen molar-refractivity contribution in [1.29, 1.82) is 0 Å². The smallest absolute Gasteiger partial charge is 0.259 e. The molecule has 5 heterocycles. The third-order valence-electron chi connectivity index (χ3n) is 6.06. The van der Waals surface area contributed by atoms with E-state index >= 15 is 0 Å². The summed E-state index contributed by atoms with van der Waals surface area (Å²) in [6.07, 6.45) is 7.17. The molecule has 5 aromatic rings. The van der Waals surface area contributed by atoms with Gasteiger partial charge in [0.25, 0.3) is 5.56 Å². The maximum atomic E-state index is 12.7. The normalized spacial score (nSPS) is 14.1. The van der Waals surface area contributed by atoms with Crippen molar-refractivity contribution < 1.29 is 4.74 Å². The van der Waals surface area contributed by atoms with Crippen LogP contribution >= 0.6 is 0 Å². The quantitative estimate of drug-likeness (QED) is 0.429. The zero-order chi connectivity index (χ0) is 23.1. The molecule has 0 unspecified atom stereocenters. The Bertz CT molecular complexity index is 1550. The molecular weight excluding hydrogens is 430 g/mol. The monoisotopic (exact) mass is 453 g/mol. The highest BCUT2D eigenvalue weighted by Crippen LogP contribution is 2.28. The molecule has 9 heteroatoms. The van der Waals surface area contributed by atoms with Crippen LogP contribution in [0.2, 0.25) is 0 Å². The molecule has 0 saturated carbocycles. The van der Waals surface area contributed by atoms with E-state index < -0.39 is 0 Å². The number of nitrogens with zero attached hydrogens (tertiary/aromatic N) is 5. The average molecular weight is 454 g/mol. The fourth-order valence-electron chi connectivity index (χ4n) is 4.36. The van der Waals surface area contributed by atoms with E-state index in [-0.39, 0.29) is 5.56 Å². The number of rotatable bonds is 4. The molecular formula is C25H23N7O2. The molecule has 0 spiro atoms. The molecule has 4 aromatic heterocycles. The molecule has 170 valence electrons. The summed E-state index contributed by atoms with van der Waals surface area (Å²) in [4.78, 5) is 31.6. The van der Waals surface area contributed by atoms with Crippen LogP contribution in [0.5, 0.6) is 0 Å². The van der Waals surface area contributed by atoms with Gasteiger partial charge in [0, 0.05) is 49.3 Å². The average Bonchev–Trinajstić information content (AvgIpc) is 3.34. The van der Waals surface area contributed by atoms with Gasteiger partial charge < -0.3 is 24.3 Å². The van der Waals surface area contributed by atoms with Crippen LogP contribution in [0.4, 0.5) is 17.2 Å². The molecule has 6 rings (SSSR count). The largest absolute Gasteiger partial charge is 0.378 e. The SMILES string of the molecule is Cc1nc(-c2cc3cc[nH]c(=O)c3c(Nc3ccc(N4CCOCC4)cc3)n2)cn2ccnc12. The van der Waals surface area contributed by atoms with E-state index in [0.717, 1.165) is 54.4 Å². The van der Waals surface area contributed by atoms with Crippen LogP contribution in [0.3, 0.4) is 0 Å². The standard InChI is InChI=1S/C25H23N7O2/c1-16-24-26-8-9-32(24)15-21(28-16)20-14-17-6-7-27-25(33)22(17)23(30-20)29-18-2-4-19(5-3-18)31-10-12-34-13-11-31/h2-9,14-15H,10-13H2,1H3,(H,27,33)(H,29,30). The molecule has 1 saturated heterocycles. The van der Waals surface area contributed by atoms with Gasteiger partial charge in [0.1, 0.15) is 11.5 Å². The number of anilines is 3. The first kappa shape index (κ1) is 20.4. The molecule has 1 aliphatic heterocycles. The third-order valence-corrected chi connectivity index (χ3v) is 6.06. The van der Waals surface area contributed by atoms with Gasteiger partial charge in [-0.1, -0.05) is 0 Å².